The number of anilines is 2. The van der Waals surface area contributed by atoms with Crippen LogP contribution in [0.5, 0.6) is 0 Å². The molecule has 11 heteroatoms. The Hall–Kier alpha value is -2.43. The number of rotatable bonds is 4. The van der Waals surface area contributed by atoms with E-state index in [9.17, 15) is 26.7 Å². The Morgan fingerprint density at radius 1 is 1.19 bits per heavy atom. The molecule has 0 saturated carbocycles. The van der Waals surface area contributed by atoms with E-state index in [1.54, 1.807) is 0 Å². The van der Waals surface area contributed by atoms with Crippen molar-refractivity contribution < 1.29 is 26.7 Å². The van der Waals surface area contributed by atoms with Crippen LogP contribution >= 0.6 is 11.8 Å². The average Bonchev–Trinajstić information content (AvgIpc) is 3.02. The van der Waals surface area contributed by atoms with E-state index in [0.29, 0.717) is 17.7 Å². The minimum Gasteiger partial charge on any atom is -0.351 e. The van der Waals surface area contributed by atoms with Gasteiger partial charge in [-0.15, -0.1) is 0 Å². The highest BCUT2D eigenvalue weighted by molar-refractivity contribution is 7.99. The molecule has 1 aromatic carbocycles. The highest BCUT2D eigenvalue weighted by atomic mass is 32.2. The molecule has 0 aliphatic heterocycles. The smallest absolute Gasteiger partial charge is 0.351 e. The molecule has 144 valence electrons. The first-order valence-corrected chi connectivity index (χ1v) is 8.67. The summed E-state index contributed by atoms with van der Waals surface area (Å²) < 4.78 is 65.9. The Balaban J connectivity index is 2.17. The maximum absolute atomic E-state index is 13.4. The number of alkyl halides is 5. The second-order valence-electron chi connectivity index (χ2n) is 5.67. The topological polar surface area (TPSA) is 72.1 Å². The van der Waals surface area contributed by atoms with E-state index >= 15 is 0 Å². The number of aryl methyl sites for hydroxylation is 1. The van der Waals surface area contributed by atoms with Gasteiger partial charge in [0.1, 0.15) is 0 Å². The van der Waals surface area contributed by atoms with Crippen LogP contribution in [0.25, 0.3) is 0 Å². The lowest BCUT2D eigenvalue weighted by Gasteiger charge is -2.23. The molecular weight excluding hydrogens is 391 g/mol. The molecule has 1 heterocycles. The zero-order valence-corrected chi connectivity index (χ0v) is 14.4. The zero-order valence-electron chi connectivity index (χ0n) is 13.6. The molecule has 1 aromatic heterocycles. The van der Waals surface area contributed by atoms with Gasteiger partial charge in [0, 0.05) is 16.2 Å². The standard InChI is InChI=1S/C16H13F5N4OS/c17-13(18)27-11-7-2-1-6-10(11)25(14(22)26)15-23-9-5-3-4-8(9)12(24-15)16(19,20)21/h1-2,6-7,13H,3-5H2,(H2,22,26). The first kappa shape index (κ1) is 19.3. The summed E-state index contributed by atoms with van der Waals surface area (Å²) in [5, 5.41) is 0. The molecule has 1 aliphatic carbocycles. The molecule has 0 atom stereocenters. The highest BCUT2D eigenvalue weighted by Crippen LogP contribution is 2.39. The SMILES string of the molecule is NC(=O)N(c1nc2c(c(C(F)(F)F)n1)CCC2)c1ccccc1SC(F)F. The molecule has 0 spiro atoms. The second kappa shape index (κ2) is 7.29. The second-order valence-corrected chi connectivity index (χ2v) is 6.70. The average molecular weight is 404 g/mol. The fourth-order valence-electron chi connectivity index (χ4n) is 2.92. The number of benzene rings is 1. The van der Waals surface area contributed by atoms with Crippen LogP contribution in [0.1, 0.15) is 23.4 Å². The van der Waals surface area contributed by atoms with Crippen molar-refractivity contribution in [2.45, 2.75) is 36.1 Å². The largest absolute Gasteiger partial charge is 0.433 e. The molecule has 0 bridgehead atoms. The summed E-state index contributed by atoms with van der Waals surface area (Å²) in [6, 6.07) is 4.32. The van der Waals surface area contributed by atoms with Crippen LogP contribution in [0.2, 0.25) is 0 Å². The Morgan fingerprint density at radius 3 is 2.52 bits per heavy atom. The molecule has 2 aromatic rings. The lowest BCUT2D eigenvalue weighted by molar-refractivity contribution is -0.141. The Kier molecular flexibility index (Phi) is 5.22. The monoisotopic (exact) mass is 404 g/mol. The first-order chi connectivity index (χ1) is 12.7. The van der Waals surface area contributed by atoms with Gasteiger partial charge in [0.25, 0.3) is 5.76 Å². The molecular formula is C16H13F5N4OS. The summed E-state index contributed by atoms with van der Waals surface area (Å²) in [6.45, 7) is 0. The summed E-state index contributed by atoms with van der Waals surface area (Å²) >= 11 is 0.140. The highest BCUT2D eigenvalue weighted by Gasteiger charge is 2.39. The van der Waals surface area contributed by atoms with E-state index < -0.39 is 29.6 Å². The predicted molar refractivity (Wildman–Crippen MR) is 89.1 cm³/mol. The van der Waals surface area contributed by atoms with Crippen molar-refractivity contribution in [3.05, 3.63) is 41.2 Å². The summed E-state index contributed by atoms with van der Waals surface area (Å²) in [7, 11) is 0. The van der Waals surface area contributed by atoms with E-state index in [1.807, 2.05) is 0 Å². The normalized spacial score (nSPS) is 13.7. The van der Waals surface area contributed by atoms with Crippen LogP contribution in [0.3, 0.4) is 0 Å². The third kappa shape index (κ3) is 3.97. The summed E-state index contributed by atoms with van der Waals surface area (Å²) in [5.41, 5.74) is 4.26. The van der Waals surface area contributed by atoms with Crippen molar-refractivity contribution in [2.75, 3.05) is 4.90 Å². The number of primary amides is 1. The summed E-state index contributed by atoms with van der Waals surface area (Å²) in [6.07, 6.45) is -3.79. The maximum atomic E-state index is 13.4. The Labute approximate surface area is 154 Å². The maximum Gasteiger partial charge on any atom is 0.433 e. The van der Waals surface area contributed by atoms with E-state index in [-0.39, 0.29) is 40.0 Å². The number of thioether (sulfide) groups is 1. The molecule has 0 saturated heterocycles. The number of amides is 2. The molecule has 0 radical (unpaired) electrons. The molecule has 2 N–H and O–H groups in total. The van der Waals surface area contributed by atoms with Gasteiger partial charge in [-0.05, 0) is 31.4 Å². The van der Waals surface area contributed by atoms with Gasteiger partial charge < -0.3 is 5.73 Å². The van der Waals surface area contributed by atoms with E-state index in [1.165, 1.54) is 24.3 Å². The molecule has 5 nitrogen and oxygen atoms in total. The number of hydrogen-bond acceptors (Lipinski definition) is 4. The van der Waals surface area contributed by atoms with Crippen molar-refractivity contribution >= 4 is 29.4 Å². The van der Waals surface area contributed by atoms with E-state index in [4.69, 9.17) is 5.73 Å². The van der Waals surface area contributed by atoms with Gasteiger partial charge in [-0.25, -0.2) is 19.7 Å². The van der Waals surface area contributed by atoms with Gasteiger partial charge in [0.15, 0.2) is 5.69 Å². The van der Waals surface area contributed by atoms with Crippen LogP contribution in [0.15, 0.2) is 29.2 Å². The minimum atomic E-state index is -4.74. The Bertz CT molecular complexity index is 874. The van der Waals surface area contributed by atoms with Gasteiger partial charge in [0.2, 0.25) is 5.95 Å². The third-order valence-electron chi connectivity index (χ3n) is 3.93. The van der Waals surface area contributed by atoms with E-state index in [0.717, 1.165) is 0 Å². The van der Waals surface area contributed by atoms with Crippen molar-refractivity contribution in [3.8, 4) is 0 Å². The van der Waals surface area contributed by atoms with Crippen LogP contribution in [0.4, 0.5) is 38.4 Å². The molecule has 0 unspecified atom stereocenters. The van der Waals surface area contributed by atoms with Gasteiger partial charge in [-0.1, -0.05) is 23.9 Å². The van der Waals surface area contributed by atoms with Gasteiger partial charge in [-0.3, -0.25) is 0 Å². The number of carbonyl (C=O) groups excluding carboxylic acids is 1. The van der Waals surface area contributed by atoms with Gasteiger partial charge in [0.05, 0.1) is 5.69 Å². The first-order valence-electron chi connectivity index (χ1n) is 7.79. The van der Waals surface area contributed by atoms with Gasteiger partial charge >= 0.3 is 12.2 Å². The van der Waals surface area contributed by atoms with Crippen molar-refractivity contribution in [1.82, 2.24) is 9.97 Å². The quantitative estimate of drug-likeness (QED) is 0.601. The van der Waals surface area contributed by atoms with Crippen LogP contribution < -0.4 is 10.6 Å². The molecule has 1 aliphatic rings. The fraction of sp³-hybridized carbons (Fsp3) is 0.312. The van der Waals surface area contributed by atoms with Gasteiger partial charge in [-0.2, -0.15) is 22.0 Å². The van der Waals surface area contributed by atoms with Crippen LogP contribution in [0, 0.1) is 0 Å². The number of aromatic nitrogens is 2. The number of nitrogens with zero attached hydrogens (tertiary/aromatic N) is 3. The minimum absolute atomic E-state index is 0.00842. The zero-order chi connectivity index (χ0) is 19.8. The van der Waals surface area contributed by atoms with Crippen LogP contribution in [-0.2, 0) is 19.0 Å². The number of halogens is 5. The fourth-order valence-corrected chi connectivity index (χ4v) is 3.55. The van der Waals surface area contributed by atoms with Crippen LogP contribution in [-0.4, -0.2) is 21.8 Å². The molecule has 2 amide bonds. The molecule has 3 rings (SSSR count). The number of nitrogens with two attached hydrogens (primary N) is 1. The number of fused-ring (bicyclic) bond motifs is 1. The Morgan fingerprint density at radius 2 is 1.89 bits per heavy atom. The van der Waals surface area contributed by atoms with Crippen molar-refractivity contribution in [1.29, 1.82) is 0 Å². The summed E-state index contributed by atoms with van der Waals surface area (Å²) in [5.74, 6) is -3.38. The lowest BCUT2D eigenvalue weighted by atomic mass is 10.1. The lowest BCUT2D eigenvalue weighted by Crippen LogP contribution is -2.34. The molecule has 0 fully saturated rings. The number of urea groups is 1. The number of hydrogen-bond donors (Lipinski definition) is 1. The van der Waals surface area contributed by atoms with Crippen molar-refractivity contribution in [3.63, 3.8) is 0 Å². The third-order valence-corrected chi connectivity index (χ3v) is 4.71. The molecule has 27 heavy (non-hydrogen) atoms. The van der Waals surface area contributed by atoms with E-state index in [2.05, 4.69) is 9.97 Å². The summed E-state index contributed by atoms with van der Waals surface area (Å²) in [4.78, 5) is 20.2. The predicted octanol–water partition coefficient (Wildman–Crippen LogP) is 4.52. The number of para-hydroxylation sites is 1. The number of carbonyl (C=O) groups is 1. The van der Waals surface area contributed by atoms with Crippen molar-refractivity contribution in [2.24, 2.45) is 5.73 Å².